The van der Waals surface area contributed by atoms with Gasteiger partial charge in [-0.25, -0.2) is 4.39 Å². The van der Waals surface area contributed by atoms with Crippen molar-refractivity contribution in [1.82, 2.24) is 0 Å². The number of Topliss-reactive ketones (excluding diaryl/α,β-unsaturated/α-hetero) is 1. The molecule has 1 saturated carbocycles. The van der Waals surface area contributed by atoms with Crippen LogP contribution in [0.1, 0.15) is 41.6 Å². The van der Waals surface area contributed by atoms with E-state index >= 15 is 0 Å². The smallest absolute Gasteiger partial charge is 0.294 e. The van der Waals surface area contributed by atoms with Gasteiger partial charge in [-0.2, -0.15) is 13.2 Å². The molecular formula is C13H12F4O. The van der Waals surface area contributed by atoms with Crippen molar-refractivity contribution in [3.05, 3.63) is 35.1 Å². The summed E-state index contributed by atoms with van der Waals surface area (Å²) in [6.45, 7) is 0. The largest absolute Gasteiger partial charge is 0.416 e. The van der Waals surface area contributed by atoms with Gasteiger partial charge in [-0.15, -0.1) is 0 Å². The van der Waals surface area contributed by atoms with E-state index in [1.165, 1.54) is 0 Å². The second kappa shape index (κ2) is 4.71. The minimum Gasteiger partial charge on any atom is -0.294 e. The summed E-state index contributed by atoms with van der Waals surface area (Å²) in [6.07, 6.45) is -1.55. The van der Waals surface area contributed by atoms with Crippen molar-refractivity contribution in [2.24, 2.45) is 5.92 Å². The minimum absolute atomic E-state index is 0.331. The van der Waals surface area contributed by atoms with Gasteiger partial charge in [0.1, 0.15) is 5.82 Å². The highest BCUT2D eigenvalue weighted by Gasteiger charge is 2.33. The number of hydrogen-bond acceptors (Lipinski definition) is 1. The van der Waals surface area contributed by atoms with Crippen molar-refractivity contribution >= 4 is 5.78 Å². The molecule has 2 rings (SSSR count). The highest BCUT2D eigenvalue weighted by molar-refractivity contribution is 5.98. The predicted octanol–water partition coefficient (Wildman–Crippen LogP) is 4.22. The summed E-state index contributed by atoms with van der Waals surface area (Å²) in [5, 5.41) is 0. The van der Waals surface area contributed by atoms with Crippen LogP contribution >= 0.6 is 0 Å². The minimum atomic E-state index is -4.56. The molecule has 0 heterocycles. The van der Waals surface area contributed by atoms with E-state index in [9.17, 15) is 22.4 Å². The molecule has 0 atom stereocenters. The molecular weight excluding hydrogens is 248 g/mol. The fourth-order valence-electron chi connectivity index (χ4n) is 2.30. The summed E-state index contributed by atoms with van der Waals surface area (Å²) in [5.41, 5.74) is -1.41. The molecule has 0 aliphatic heterocycles. The van der Waals surface area contributed by atoms with Gasteiger partial charge in [-0.1, -0.05) is 12.8 Å². The van der Waals surface area contributed by atoms with Crippen molar-refractivity contribution in [2.45, 2.75) is 31.9 Å². The molecule has 18 heavy (non-hydrogen) atoms. The van der Waals surface area contributed by atoms with E-state index in [0.29, 0.717) is 31.0 Å². The van der Waals surface area contributed by atoms with E-state index in [-0.39, 0.29) is 5.92 Å². The molecule has 0 aromatic heterocycles. The number of carbonyl (C=O) groups excluding carboxylic acids is 1. The maximum absolute atomic E-state index is 13.5. The van der Waals surface area contributed by atoms with Crippen molar-refractivity contribution in [2.75, 3.05) is 0 Å². The zero-order valence-corrected chi connectivity index (χ0v) is 9.56. The Morgan fingerprint density at radius 3 is 2.33 bits per heavy atom. The fraction of sp³-hybridized carbons (Fsp3) is 0.462. The number of ketones is 1. The average Bonchev–Trinajstić information content (AvgIpc) is 2.80. The monoisotopic (exact) mass is 260 g/mol. The highest BCUT2D eigenvalue weighted by atomic mass is 19.4. The molecule has 0 radical (unpaired) electrons. The summed E-state index contributed by atoms with van der Waals surface area (Å²) in [6, 6.07) is 1.99. The topological polar surface area (TPSA) is 17.1 Å². The van der Waals surface area contributed by atoms with E-state index < -0.39 is 28.9 Å². The number of halogens is 4. The van der Waals surface area contributed by atoms with E-state index in [1.54, 1.807) is 0 Å². The Hall–Kier alpha value is -1.39. The maximum atomic E-state index is 13.5. The number of alkyl halides is 3. The Morgan fingerprint density at radius 1 is 1.17 bits per heavy atom. The summed E-state index contributed by atoms with van der Waals surface area (Å²) < 4.78 is 51.0. The molecule has 1 nitrogen and oxygen atoms in total. The Labute approximate surface area is 102 Å². The third-order valence-corrected chi connectivity index (χ3v) is 3.29. The van der Waals surface area contributed by atoms with Crippen LogP contribution in [0.4, 0.5) is 17.6 Å². The molecule has 1 aliphatic rings. The Morgan fingerprint density at radius 2 is 1.78 bits per heavy atom. The number of carbonyl (C=O) groups is 1. The molecule has 0 unspecified atom stereocenters. The van der Waals surface area contributed by atoms with Gasteiger partial charge >= 0.3 is 6.18 Å². The first kappa shape index (κ1) is 13.1. The van der Waals surface area contributed by atoms with Crippen LogP contribution in [0.5, 0.6) is 0 Å². The second-order valence-corrected chi connectivity index (χ2v) is 4.54. The first-order chi connectivity index (χ1) is 8.39. The van der Waals surface area contributed by atoms with E-state index in [4.69, 9.17) is 0 Å². The number of rotatable bonds is 2. The molecule has 98 valence electrons. The Balaban J connectivity index is 2.34. The van der Waals surface area contributed by atoms with Gasteiger partial charge in [-0.3, -0.25) is 4.79 Å². The van der Waals surface area contributed by atoms with Crippen molar-refractivity contribution < 1.29 is 22.4 Å². The van der Waals surface area contributed by atoms with Gasteiger partial charge in [0.15, 0.2) is 5.78 Å². The normalized spacial score (nSPS) is 17.1. The number of hydrogen-bond donors (Lipinski definition) is 0. The first-order valence-electron chi connectivity index (χ1n) is 5.80. The van der Waals surface area contributed by atoms with E-state index in [0.717, 1.165) is 12.8 Å². The maximum Gasteiger partial charge on any atom is 0.416 e. The van der Waals surface area contributed by atoms with E-state index in [1.807, 2.05) is 0 Å². The average molecular weight is 260 g/mol. The Kier molecular flexibility index (Phi) is 3.41. The molecule has 1 fully saturated rings. The van der Waals surface area contributed by atoms with Gasteiger partial charge in [0.05, 0.1) is 11.1 Å². The van der Waals surface area contributed by atoms with Gasteiger partial charge in [-0.05, 0) is 31.0 Å². The fourth-order valence-corrected chi connectivity index (χ4v) is 2.30. The lowest BCUT2D eigenvalue weighted by Crippen LogP contribution is -2.15. The third-order valence-electron chi connectivity index (χ3n) is 3.29. The van der Waals surface area contributed by atoms with Gasteiger partial charge in [0, 0.05) is 5.92 Å². The quantitative estimate of drug-likeness (QED) is 0.574. The standard InChI is InChI=1S/C13H12F4O/c14-11-6-5-9(13(15,16)17)7-10(11)12(18)8-3-1-2-4-8/h5-8H,1-4H2. The van der Waals surface area contributed by atoms with Crippen molar-refractivity contribution in [3.63, 3.8) is 0 Å². The lowest BCUT2D eigenvalue weighted by Gasteiger charge is -2.12. The molecule has 0 N–H and O–H groups in total. The summed E-state index contributed by atoms with van der Waals surface area (Å²) in [4.78, 5) is 11.9. The molecule has 0 saturated heterocycles. The van der Waals surface area contributed by atoms with Gasteiger partial charge in [0.2, 0.25) is 0 Å². The summed E-state index contributed by atoms with van der Waals surface area (Å²) in [5.74, 6) is -1.71. The zero-order valence-electron chi connectivity index (χ0n) is 9.56. The molecule has 1 aromatic rings. The van der Waals surface area contributed by atoms with Crippen molar-refractivity contribution in [1.29, 1.82) is 0 Å². The third kappa shape index (κ3) is 2.54. The van der Waals surface area contributed by atoms with Crippen LogP contribution in [-0.4, -0.2) is 5.78 Å². The van der Waals surface area contributed by atoms with Crippen LogP contribution in [-0.2, 0) is 6.18 Å². The second-order valence-electron chi connectivity index (χ2n) is 4.54. The zero-order chi connectivity index (χ0) is 13.3. The van der Waals surface area contributed by atoms with Crippen LogP contribution in [0.2, 0.25) is 0 Å². The van der Waals surface area contributed by atoms with E-state index in [2.05, 4.69) is 0 Å². The van der Waals surface area contributed by atoms with Crippen LogP contribution in [0.25, 0.3) is 0 Å². The molecule has 0 amide bonds. The molecule has 0 spiro atoms. The van der Waals surface area contributed by atoms with Gasteiger partial charge in [0.25, 0.3) is 0 Å². The van der Waals surface area contributed by atoms with Crippen molar-refractivity contribution in [3.8, 4) is 0 Å². The lowest BCUT2D eigenvalue weighted by atomic mass is 9.94. The molecule has 1 aromatic carbocycles. The van der Waals surface area contributed by atoms with Crippen LogP contribution in [0.15, 0.2) is 18.2 Å². The molecule has 5 heteroatoms. The molecule has 1 aliphatic carbocycles. The van der Waals surface area contributed by atoms with Gasteiger partial charge < -0.3 is 0 Å². The highest BCUT2D eigenvalue weighted by Crippen LogP contribution is 2.33. The van der Waals surface area contributed by atoms with Crippen LogP contribution < -0.4 is 0 Å². The lowest BCUT2D eigenvalue weighted by molar-refractivity contribution is -0.137. The first-order valence-corrected chi connectivity index (χ1v) is 5.80. The number of benzene rings is 1. The predicted molar refractivity (Wildman–Crippen MR) is 57.7 cm³/mol. The Bertz CT molecular complexity index is 459. The SMILES string of the molecule is O=C(c1cc(C(F)(F)F)ccc1F)C1CCCC1. The molecule has 0 bridgehead atoms. The van der Waals surface area contributed by atoms with Crippen LogP contribution in [0, 0.1) is 11.7 Å². The summed E-state index contributed by atoms with van der Waals surface area (Å²) in [7, 11) is 0. The summed E-state index contributed by atoms with van der Waals surface area (Å²) >= 11 is 0. The van der Waals surface area contributed by atoms with Crippen LogP contribution in [0.3, 0.4) is 0 Å².